The molecule has 0 aromatic heterocycles. The van der Waals surface area contributed by atoms with Gasteiger partial charge in [0, 0.05) is 5.92 Å². The molecular weight excluding hydrogens is 324 g/mol. The molecular formula is C27H26. The zero-order valence-corrected chi connectivity index (χ0v) is 16.2. The van der Waals surface area contributed by atoms with Crippen molar-refractivity contribution in [2.45, 2.75) is 32.6 Å². The third kappa shape index (κ3) is 4.11. The summed E-state index contributed by atoms with van der Waals surface area (Å²) in [6, 6.07) is 28.7. The Morgan fingerprint density at radius 2 is 1.37 bits per heavy atom. The molecule has 0 fully saturated rings. The van der Waals surface area contributed by atoms with Crippen LogP contribution in [-0.4, -0.2) is 0 Å². The van der Waals surface area contributed by atoms with Gasteiger partial charge in [0.1, 0.15) is 0 Å². The molecule has 0 spiro atoms. The van der Waals surface area contributed by atoms with Gasteiger partial charge in [0.15, 0.2) is 0 Å². The molecule has 27 heavy (non-hydrogen) atoms. The minimum absolute atomic E-state index is 0.328. The van der Waals surface area contributed by atoms with Crippen LogP contribution >= 0.6 is 0 Å². The number of rotatable bonds is 5. The van der Waals surface area contributed by atoms with E-state index in [1.807, 2.05) is 0 Å². The van der Waals surface area contributed by atoms with Crippen LogP contribution in [0.25, 0.3) is 0 Å². The quantitative estimate of drug-likeness (QED) is 0.468. The summed E-state index contributed by atoms with van der Waals surface area (Å²) in [6.45, 7) is 4.36. The van der Waals surface area contributed by atoms with Gasteiger partial charge in [0.25, 0.3) is 0 Å². The lowest BCUT2D eigenvalue weighted by molar-refractivity contribution is 0.915. The maximum Gasteiger partial charge on any atom is 0.0305 e. The molecule has 0 heteroatoms. The van der Waals surface area contributed by atoms with Gasteiger partial charge in [-0.25, -0.2) is 0 Å². The Bertz CT molecular complexity index is 944. The molecule has 0 saturated carbocycles. The largest absolute Gasteiger partial charge is 0.0769 e. The smallest absolute Gasteiger partial charge is 0.0305 e. The minimum Gasteiger partial charge on any atom is -0.0769 e. The zero-order chi connectivity index (χ0) is 18.6. The molecule has 1 aliphatic rings. The van der Waals surface area contributed by atoms with E-state index in [2.05, 4.69) is 105 Å². The Labute approximate surface area is 162 Å². The number of hydrogen-bond donors (Lipinski definition) is 0. The molecule has 0 aliphatic heterocycles. The SMILES string of the molecule is Cc1cccc(C(C2=CC(Cc3ccccc3)=CC2)c2cccc(C)c2)c1. The summed E-state index contributed by atoms with van der Waals surface area (Å²) in [4.78, 5) is 0. The Morgan fingerprint density at radius 3 is 1.96 bits per heavy atom. The molecule has 134 valence electrons. The Morgan fingerprint density at radius 1 is 0.741 bits per heavy atom. The monoisotopic (exact) mass is 350 g/mol. The van der Waals surface area contributed by atoms with E-state index in [1.54, 1.807) is 0 Å². The summed E-state index contributed by atoms with van der Waals surface area (Å²) < 4.78 is 0. The maximum absolute atomic E-state index is 2.43. The van der Waals surface area contributed by atoms with Crippen LogP contribution in [0.15, 0.2) is 102 Å². The van der Waals surface area contributed by atoms with E-state index in [0.717, 1.165) is 12.8 Å². The molecule has 0 nitrogen and oxygen atoms in total. The first-order chi connectivity index (χ1) is 13.2. The van der Waals surface area contributed by atoms with Gasteiger partial charge in [-0.1, -0.05) is 108 Å². The fraction of sp³-hybridized carbons (Fsp3) is 0.185. The first kappa shape index (κ1) is 17.5. The third-order valence-corrected chi connectivity index (χ3v) is 5.34. The van der Waals surface area contributed by atoms with Crippen LogP contribution in [0.2, 0.25) is 0 Å². The average molecular weight is 351 g/mol. The van der Waals surface area contributed by atoms with Crippen molar-refractivity contribution in [3.05, 3.63) is 130 Å². The van der Waals surface area contributed by atoms with Crippen molar-refractivity contribution in [2.24, 2.45) is 0 Å². The van der Waals surface area contributed by atoms with E-state index in [-0.39, 0.29) is 0 Å². The van der Waals surface area contributed by atoms with Crippen LogP contribution in [0.1, 0.15) is 40.2 Å². The van der Waals surface area contributed by atoms with Crippen LogP contribution in [0.5, 0.6) is 0 Å². The van der Waals surface area contributed by atoms with Gasteiger partial charge < -0.3 is 0 Å². The van der Waals surface area contributed by atoms with E-state index in [1.165, 1.54) is 39.0 Å². The lowest BCUT2D eigenvalue weighted by Crippen LogP contribution is -2.04. The molecule has 3 aromatic carbocycles. The molecule has 0 radical (unpaired) electrons. The van der Waals surface area contributed by atoms with E-state index >= 15 is 0 Å². The molecule has 0 amide bonds. The maximum atomic E-state index is 2.43. The lowest BCUT2D eigenvalue weighted by atomic mass is 9.83. The Hall–Kier alpha value is -2.86. The van der Waals surface area contributed by atoms with Gasteiger partial charge >= 0.3 is 0 Å². The number of aryl methyl sites for hydroxylation is 2. The van der Waals surface area contributed by atoms with E-state index < -0.39 is 0 Å². The zero-order valence-electron chi connectivity index (χ0n) is 16.2. The summed E-state index contributed by atoms with van der Waals surface area (Å²) in [7, 11) is 0. The molecule has 0 unspecified atom stereocenters. The molecule has 4 rings (SSSR count). The summed E-state index contributed by atoms with van der Waals surface area (Å²) in [5.74, 6) is 0.328. The van der Waals surface area contributed by atoms with Crippen molar-refractivity contribution in [1.29, 1.82) is 0 Å². The van der Waals surface area contributed by atoms with Gasteiger partial charge in [-0.2, -0.15) is 0 Å². The second-order valence-corrected chi connectivity index (χ2v) is 7.63. The van der Waals surface area contributed by atoms with Crippen molar-refractivity contribution in [3.63, 3.8) is 0 Å². The molecule has 0 heterocycles. The highest BCUT2D eigenvalue weighted by Crippen LogP contribution is 2.38. The van der Waals surface area contributed by atoms with Gasteiger partial charge in [0.05, 0.1) is 0 Å². The van der Waals surface area contributed by atoms with Gasteiger partial charge in [-0.15, -0.1) is 0 Å². The summed E-state index contributed by atoms with van der Waals surface area (Å²) in [5.41, 5.74) is 9.73. The molecule has 0 bridgehead atoms. The first-order valence-corrected chi connectivity index (χ1v) is 9.75. The molecule has 0 N–H and O–H groups in total. The fourth-order valence-corrected chi connectivity index (χ4v) is 4.08. The van der Waals surface area contributed by atoms with Gasteiger partial charge in [0.2, 0.25) is 0 Å². The van der Waals surface area contributed by atoms with Crippen LogP contribution in [-0.2, 0) is 6.42 Å². The predicted octanol–water partition coefficient (Wildman–Crippen LogP) is 6.93. The number of hydrogen-bond acceptors (Lipinski definition) is 0. The van der Waals surface area contributed by atoms with Crippen molar-refractivity contribution in [1.82, 2.24) is 0 Å². The highest BCUT2D eigenvalue weighted by atomic mass is 14.3. The predicted molar refractivity (Wildman–Crippen MR) is 115 cm³/mol. The molecule has 0 saturated heterocycles. The van der Waals surface area contributed by atoms with Gasteiger partial charge in [-0.05, 0) is 49.0 Å². The van der Waals surface area contributed by atoms with Crippen LogP contribution < -0.4 is 0 Å². The van der Waals surface area contributed by atoms with E-state index in [4.69, 9.17) is 0 Å². The van der Waals surface area contributed by atoms with E-state index in [0.29, 0.717) is 5.92 Å². The third-order valence-electron chi connectivity index (χ3n) is 5.34. The topological polar surface area (TPSA) is 0 Å². The first-order valence-electron chi connectivity index (χ1n) is 9.75. The van der Waals surface area contributed by atoms with Crippen molar-refractivity contribution < 1.29 is 0 Å². The minimum atomic E-state index is 0.328. The normalized spacial score (nSPS) is 13.6. The molecule has 3 aromatic rings. The standard InChI is InChI=1S/C27H26/c1-20-8-6-12-24(16-20)27(25-13-7-9-21(2)17-25)26-15-14-23(19-26)18-22-10-4-3-5-11-22/h3-14,16-17,19,27H,15,18H2,1-2H3. The number of benzene rings is 3. The summed E-state index contributed by atoms with van der Waals surface area (Å²) in [5, 5.41) is 0. The van der Waals surface area contributed by atoms with Crippen LogP contribution in [0.4, 0.5) is 0 Å². The summed E-state index contributed by atoms with van der Waals surface area (Å²) in [6.07, 6.45) is 6.89. The van der Waals surface area contributed by atoms with Crippen LogP contribution in [0.3, 0.4) is 0 Å². The second kappa shape index (κ2) is 7.80. The molecule has 1 aliphatic carbocycles. The fourth-order valence-electron chi connectivity index (χ4n) is 4.08. The second-order valence-electron chi connectivity index (χ2n) is 7.63. The van der Waals surface area contributed by atoms with E-state index in [9.17, 15) is 0 Å². The van der Waals surface area contributed by atoms with Crippen LogP contribution in [0, 0.1) is 13.8 Å². The Kier molecular flexibility index (Phi) is 5.07. The van der Waals surface area contributed by atoms with Crippen molar-refractivity contribution in [2.75, 3.05) is 0 Å². The van der Waals surface area contributed by atoms with Gasteiger partial charge in [-0.3, -0.25) is 0 Å². The number of allylic oxidation sites excluding steroid dienone is 4. The van der Waals surface area contributed by atoms with Crippen molar-refractivity contribution >= 4 is 0 Å². The average Bonchev–Trinajstić information content (AvgIpc) is 3.11. The Balaban J connectivity index is 1.68. The van der Waals surface area contributed by atoms with Crippen molar-refractivity contribution in [3.8, 4) is 0 Å². The summed E-state index contributed by atoms with van der Waals surface area (Å²) >= 11 is 0. The highest BCUT2D eigenvalue weighted by Gasteiger charge is 2.21. The highest BCUT2D eigenvalue weighted by molar-refractivity contribution is 5.49. The lowest BCUT2D eigenvalue weighted by Gasteiger charge is -2.21. The molecule has 0 atom stereocenters.